The first-order valence-electron chi connectivity index (χ1n) is 6.93. The molecule has 0 aromatic carbocycles. The van der Waals surface area contributed by atoms with Gasteiger partial charge in [-0.2, -0.15) is 5.10 Å². The van der Waals surface area contributed by atoms with E-state index in [0.717, 1.165) is 4.88 Å². The van der Waals surface area contributed by atoms with Gasteiger partial charge in [0.2, 0.25) is 0 Å². The van der Waals surface area contributed by atoms with Crippen molar-refractivity contribution in [2.45, 2.75) is 13.5 Å². The fourth-order valence-corrected chi connectivity index (χ4v) is 2.90. The minimum Gasteiger partial charge on any atom is -0.460 e. The molecule has 114 valence electrons. The SMILES string of the molecule is CCn1ncc2c(C(=O)OCCO)cc(-c3cccs3)nc21. The number of thiophene rings is 1. The molecule has 1 N–H and O–H groups in total. The van der Waals surface area contributed by atoms with Crippen LogP contribution in [0.3, 0.4) is 0 Å². The van der Waals surface area contributed by atoms with Crippen molar-refractivity contribution in [1.82, 2.24) is 14.8 Å². The fourth-order valence-electron chi connectivity index (χ4n) is 2.21. The number of hydrogen-bond donors (Lipinski definition) is 1. The third-order valence-corrected chi connectivity index (χ3v) is 4.12. The van der Waals surface area contributed by atoms with E-state index < -0.39 is 5.97 Å². The van der Waals surface area contributed by atoms with Gasteiger partial charge < -0.3 is 9.84 Å². The Morgan fingerprint density at radius 3 is 3.05 bits per heavy atom. The third kappa shape index (κ3) is 2.60. The first-order chi connectivity index (χ1) is 10.7. The van der Waals surface area contributed by atoms with Gasteiger partial charge in [0.15, 0.2) is 5.65 Å². The Hall–Kier alpha value is -2.25. The molecular weight excluding hydrogens is 302 g/mol. The lowest BCUT2D eigenvalue weighted by Crippen LogP contribution is -2.10. The molecule has 0 spiro atoms. The van der Waals surface area contributed by atoms with Crippen LogP contribution in [0.5, 0.6) is 0 Å². The molecule has 0 unspecified atom stereocenters. The van der Waals surface area contributed by atoms with E-state index in [9.17, 15) is 4.79 Å². The van der Waals surface area contributed by atoms with Crippen molar-refractivity contribution in [3.63, 3.8) is 0 Å². The largest absolute Gasteiger partial charge is 0.460 e. The summed E-state index contributed by atoms with van der Waals surface area (Å²) >= 11 is 1.55. The van der Waals surface area contributed by atoms with Crippen LogP contribution in [0.1, 0.15) is 17.3 Å². The maximum absolute atomic E-state index is 12.2. The van der Waals surface area contributed by atoms with Crippen LogP contribution in [-0.4, -0.2) is 39.1 Å². The Morgan fingerprint density at radius 2 is 2.36 bits per heavy atom. The molecule has 0 saturated heterocycles. The molecule has 3 aromatic rings. The van der Waals surface area contributed by atoms with E-state index >= 15 is 0 Å². The maximum Gasteiger partial charge on any atom is 0.339 e. The van der Waals surface area contributed by atoms with Gasteiger partial charge in [-0.05, 0) is 24.4 Å². The van der Waals surface area contributed by atoms with Crippen molar-refractivity contribution in [3.05, 3.63) is 35.3 Å². The summed E-state index contributed by atoms with van der Waals surface area (Å²) in [4.78, 5) is 17.8. The summed E-state index contributed by atoms with van der Waals surface area (Å²) in [6.45, 7) is 2.40. The van der Waals surface area contributed by atoms with Crippen LogP contribution in [0.4, 0.5) is 0 Å². The highest BCUT2D eigenvalue weighted by atomic mass is 32.1. The van der Waals surface area contributed by atoms with E-state index in [0.29, 0.717) is 28.8 Å². The summed E-state index contributed by atoms with van der Waals surface area (Å²) in [6.07, 6.45) is 1.62. The molecule has 0 aliphatic carbocycles. The van der Waals surface area contributed by atoms with Crippen molar-refractivity contribution in [2.75, 3.05) is 13.2 Å². The summed E-state index contributed by atoms with van der Waals surface area (Å²) in [5.74, 6) is -0.477. The molecule has 0 fully saturated rings. The third-order valence-electron chi connectivity index (χ3n) is 3.23. The van der Waals surface area contributed by atoms with E-state index in [-0.39, 0.29) is 13.2 Å². The van der Waals surface area contributed by atoms with Crippen LogP contribution in [0, 0.1) is 0 Å². The lowest BCUT2D eigenvalue weighted by Gasteiger charge is -2.07. The average molecular weight is 317 g/mol. The number of pyridine rings is 1. The molecule has 3 aromatic heterocycles. The number of aryl methyl sites for hydroxylation is 1. The Morgan fingerprint density at radius 1 is 1.50 bits per heavy atom. The number of ether oxygens (including phenoxy) is 1. The average Bonchev–Trinajstić information content (AvgIpc) is 3.20. The van der Waals surface area contributed by atoms with Crippen molar-refractivity contribution < 1.29 is 14.6 Å². The quantitative estimate of drug-likeness (QED) is 0.731. The van der Waals surface area contributed by atoms with Crippen LogP contribution in [0.15, 0.2) is 29.8 Å². The van der Waals surface area contributed by atoms with Crippen LogP contribution < -0.4 is 0 Å². The smallest absolute Gasteiger partial charge is 0.339 e. The summed E-state index contributed by atoms with van der Waals surface area (Å²) in [5.41, 5.74) is 1.79. The first kappa shape index (κ1) is 14.7. The molecule has 0 saturated carbocycles. The molecule has 0 aliphatic rings. The Bertz CT molecular complexity index is 796. The van der Waals surface area contributed by atoms with Gasteiger partial charge in [-0.1, -0.05) is 6.07 Å². The zero-order valence-electron chi connectivity index (χ0n) is 12.0. The minimum atomic E-state index is -0.477. The maximum atomic E-state index is 12.2. The van der Waals surface area contributed by atoms with Gasteiger partial charge in [0, 0.05) is 6.54 Å². The number of esters is 1. The Balaban J connectivity index is 2.16. The second kappa shape index (κ2) is 6.25. The van der Waals surface area contributed by atoms with Gasteiger partial charge >= 0.3 is 5.97 Å². The second-order valence-corrected chi connectivity index (χ2v) is 5.54. The number of nitrogens with zero attached hydrogens (tertiary/aromatic N) is 3. The lowest BCUT2D eigenvalue weighted by atomic mass is 10.1. The Labute approximate surface area is 131 Å². The lowest BCUT2D eigenvalue weighted by molar-refractivity contribution is 0.0436. The predicted octanol–water partition coefficient (Wildman–Crippen LogP) is 2.33. The standard InChI is InChI=1S/C15H15N3O3S/c1-2-18-14-11(9-16-18)10(15(20)21-6-5-19)8-12(17-14)13-4-3-7-22-13/h3-4,7-9,19H,2,5-6H2,1H3. The van der Waals surface area contributed by atoms with Crippen LogP contribution in [0.2, 0.25) is 0 Å². The molecule has 3 rings (SSSR count). The van der Waals surface area contributed by atoms with Crippen LogP contribution in [-0.2, 0) is 11.3 Å². The normalized spacial score (nSPS) is 11.0. The topological polar surface area (TPSA) is 77.2 Å². The minimum absolute atomic E-state index is 0.0289. The van der Waals surface area contributed by atoms with E-state index in [1.807, 2.05) is 24.4 Å². The number of aliphatic hydroxyl groups excluding tert-OH is 1. The molecule has 0 bridgehead atoms. The van der Waals surface area contributed by atoms with Crippen molar-refractivity contribution >= 4 is 28.3 Å². The number of fused-ring (bicyclic) bond motifs is 1. The molecule has 7 heteroatoms. The molecule has 22 heavy (non-hydrogen) atoms. The fraction of sp³-hybridized carbons (Fsp3) is 0.267. The van der Waals surface area contributed by atoms with Gasteiger partial charge in [-0.25, -0.2) is 14.5 Å². The van der Waals surface area contributed by atoms with E-state index in [1.165, 1.54) is 0 Å². The van der Waals surface area contributed by atoms with Gasteiger partial charge in [-0.3, -0.25) is 0 Å². The van der Waals surface area contributed by atoms with E-state index in [2.05, 4.69) is 10.1 Å². The highest BCUT2D eigenvalue weighted by Crippen LogP contribution is 2.28. The van der Waals surface area contributed by atoms with Gasteiger partial charge in [0.05, 0.1) is 34.3 Å². The Kier molecular flexibility index (Phi) is 4.17. The summed E-state index contributed by atoms with van der Waals surface area (Å²) in [6, 6.07) is 5.61. The molecule has 6 nitrogen and oxygen atoms in total. The molecule has 0 atom stereocenters. The summed E-state index contributed by atoms with van der Waals surface area (Å²) in [5, 5.41) is 15.7. The zero-order valence-corrected chi connectivity index (χ0v) is 12.8. The molecule has 0 radical (unpaired) electrons. The summed E-state index contributed by atoms with van der Waals surface area (Å²) in [7, 11) is 0. The van der Waals surface area contributed by atoms with Crippen LogP contribution >= 0.6 is 11.3 Å². The first-order valence-corrected chi connectivity index (χ1v) is 7.81. The summed E-state index contributed by atoms with van der Waals surface area (Å²) < 4.78 is 6.80. The number of carbonyl (C=O) groups is 1. The predicted molar refractivity (Wildman–Crippen MR) is 83.9 cm³/mol. The number of aliphatic hydroxyl groups is 1. The van der Waals surface area contributed by atoms with E-state index in [4.69, 9.17) is 9.84 Å². The van der Waals surface area contributed by atoms with Crippen molar-refractivity contribution in [3.8, 4) is 10.6 Å². The zero-order chi connectivity index (χ0) is 15.5. The molecule has 0 amide bonds. The number of aromatic nitrogens is 3. The highest BCUT2D eigenvalue weighted by Gasteiger charge is 2.18. The molecular formula is C15H15N3O3S. The molecule has 0 aliphatic heterocycles. The number of carbonyl (C=O) groups excluding carboxylic acids is 1. The van der Waals surface area contributed by atoms with Crippen molar-refractivity contribution in [2.24, 2.45) is 0 Å². The van der Waals surface area contributed by atoms with Gasteiger partial charge in [-0.15, -0.1) is 11.3 Å². The van der Waals surface area contributed by atoms with Crippen LogP contribution in [0.25, 0.3) is 21.6 Å². The molecule has 3 heterocycles. The number of rotatable bonds is 5. The highest BCUT2D eigenvalue weighted by molar-refractivity contribution is 7.13. The van der Waals surface area contributed by atoms with Gasteiger partial charge in [0.25, 0.3) is 0 Å². The van der Waals surface area contributed by atoms with Crippen molar-refractivity contribution in [1.29, 1.82) is 0 Å². The van der Waals surface area contributed by atoms with Gasteiger partial charge in [0.1, 0.15) is 6.61 Å². The monoisotopic (exact) mass is 317 g/mol. The van der Waals surface area contributed by atoms with E-state index in [1.54, 1.807) is 28.3 Å². The number of hydrogen-bond acceptors (Lipinski definition) is 6. The second-order valence-electron chi connectivity index (χ2n) is 4.59.